The van der Waals surface area contributed by atoms with Gasteiger partial charge in [0.1, 0.15) is 5.69 Å². The number of H-pyrrole nitrogens is 2. The molecule has 1 saturated carbocycles. The van der Waals surface area contributed by atoms with Crippen molar-refractivity contribution in [1.82, 2.24) is 30.0 Å². The van der Waals surface area contributed by atoms with E-state index in [9.17, 15) is 4.79 Å². The lowest BCUT2D eigenvalue weighted by Crippen LogP contribution is -2.49. The maximum atomic E-state index is 13.4. The van der Waals surface area contributed by atoms with Gasteiger partial charge in [-0.3, -0.25) is 19.7 Å². The molecular formula is C31H33N7O. The maximum Gasteiger partial charge on any atom is 0.274 e. The average molecular weight is 520 g/mol. The number of anilines is 1. The number of aromatic amines is 2. The number of aromatic nitrogens is 4. The van der Waals surface area contributed by atoms with Crippen LogP contribution in [0, 0.1) is 0 Å². The standard InChI is InChI=1S/C31H33N7O/c39-31(28-10-3-5-22(34-28)20-37-13-15-38(16-14-37)23-6-1-2-7-23)35-29-17-21(18-30-26(29)19-33-36-30)24-8-4-9-27-25(24)11-12-32-27/h3-5,8-12,17-19,23,32H,1-2,6-7,13-16,20H2,(H,33,36)(H,35,39). The lowest BCUT2D eigenvalue weighted by molar-refractivity contribution is 0.0927. The summed E-state index contributed by atoms with van der Waals surface area (Å²) in [6, 6.07) is 18.9. The molecule has 198 valence electrons. The first kappa shape index (κ1) is 24.1. The minimum atomic E-state index is -0.220. The molecular weight excluding hydrogens is 486 g/mol. The third-order valence-electron chi connectivity index (χ3n) is 8.39. The molecule has 2 fully saturated rings. The Hall–Kier alpha value is -4.01. The van der Waals surface area contributed by atoms with E-state index in [0.29, 0.717) is 11.4 Å². The molecule has 4 heterocycles. The summed E-state index contributed by atoms with van der Waals surface area (Å²) < 4.78 is 0. The molecule has 2 aliphatic rings. The Morgan fingerprint density at radius 2 is 1.79 bits per heavy atom. The Morgan fingerprint density at radius 1 is 0.949 bits per heavy atom. The van der Waals surface area contributed by atoms with Gasteiger partial charge in [-0.1, -0.05) is 31.0 Å². The van der Waals surface area contributed by atoms with Crippen LogP contribution in [-0.2, 0) is 6.54 Å². The molecule has 39 heavy (non-hydrogen) atoms. The molecule has 1 aliphatic carbocycles. The van der Waals surface area contributed by atoms with E-state index in [2.05, 4.69) is 54.6 Å². The van der Waals surface area contributed by atoms with Crippen LogP contribution in [0.25, 0.3) is 32.9 Å². The fourth-order valence-corrected chi connectivity index (χ4v) is 6.31. The number of carbonyl (C=O) groups excluding carboxylic acids is 1. The number of benzene rings is 2. The highest BCUT2D eigenvalue weighted by atomic mass is 16.1. The van der Waals surface area contributed by atoms with E-state index in [4.69, 9.17) is 4.98 Å². The van der Waals surface area contributed by atoms with Gasteiger partial charge in [0.15, 0.2) is 0 Å². The van der Waals surface area contributed by atoms with Crippen LogP contribution in [0.3, 0.4) is 0 Å². The van der Waals surface area contributed by atoms with E-state index < -0.39 is 0 Å². The van der Waals surface area contributed by atoms with E-state index in [1.54, 1.807) is 12.3 Å². The summed E-state index contributed by atoms with van der Waals surface area (Å²) in [6.07, 6.45) is 9.16. The molecule has 0 atom stereocenters. The zero-order valence-electron chi connectivity index (χ0n) is 22.0. The Morgan fingerprint density at radius 3 is 2.67 bits per heavy atom. The van der Waals surface area contributed by atoms with Gasteiger partial charge in [0.2, 0.25) is 0 Å². The molecule has 8 nitrogen and oxygen atoms in total. The Bertz CT molecular complexity index is 1620. The van der Waals surface area contributed by atoms with Crippen molar-refractivity contribution in [2.45, 2.75) is 38.3 Å². The molecule has 0 unspecified atom stereocenters. The van der Waals surface area contributed by atoms with Gasteiger partial charge in [0.05, 0.1) is 23.1 Å². The van der Waals surface area contributed by atoms with E-state index in [-0.39, 0.29) is 5.91 Å². The van der Waals surface area contributed by atoms with Crippen molar-refractivity contribution in [2.75, 3.05) is 31.5 Å². The van der Waals surface area contributed by atoms with Gasteiger partial charge < -0.3 is 10.3 Å². The normalized spacial score (nSPS) is 17.3. The molecule has 0 radical (unpaired) electrons. The van der Waals surface area contributed by atoms with Crippen LogP contribution < -0.4 is 5.32 Å². The molecule has 1 saturated heterocycles. The van der Waals surface area contributed by atoms with Crippen molar-refractivity contribution in [2.24, 2.45) is 0 Å². The third kappa shape index (κ3) is 4.82. The highest BCUT2D eigenvalue weighted by Crippen LogP contribution is 2.34. The first-order valence-electron chi connectivity index (χ1n) is 14.0. The fraction of sp³-hybridized carbons (Fsp3) is 0.323. The van der Waals surface area contributed by atoms with Crippen molar-refractivity contribution in [3.05, 3.63) is 78.4 Å². The summed E-state index contributed by atoms with van der Waals surface area (Å²) in [7, 11) is 0. The third-order valence-corrected chi connectivity index (χ3v) is 8.39. The van der Waals surface area contributed by atoms with Gasteiger partial charge >= 0.3 is 0 Å². The van der Waals surface area contributed by atoms with Gasteiger partial charge in [-0.05, 0) is 60.4 Å². The zero-order chi connectivity index (χ0) is 26.2. The van der Waals surface area contributed by atoms with Crippen molar-refractivity contribution >= 4 is 33.4 Å². The molecule has 0 spiro atoms. The minimum absolute atomic E-state index is 0.220. The quantitative estimate of drug-likeness (QED) is 0.279. The molecule has 1 aliphatic heterocycles. The van der Waals surface area contributed by atoms with Gasteiger partial charge in [-0.25, -0.2) is 4.98 Å². The number of carbonyl (C=O) groups is 1. The van der Waals surface area contributed by atoms with Gasteiger partial charge in [0, 0.05) is 61.3 Å². The SMILES string of the molecule is O=C(Nc1cc(-c2cccc3[nH]ccc23)cc2[nH]ncc12)c1cccc(CN2CCN(C3CCCC3)CC2)n1. The monoisotopic (exact) mass is 519 g/mol. The van der Waals surface area contributed by atoms with Crippen LogP contribution >= 0.6 is 0 Å². The fourth-order valence-electron chi connectivity index (χ4n) is 6.31. The van der Waals surface area contributed by atoms with E-state index in [0.717, 1.165) is 77.4 Å². The number of amides is 1. The average Bonchev–Trinajstić information content (AvgIpc) is 3.75. The van der Waals surface area contributed by atoms with Crippen LogP contribution in [0.4, 0.5) is 5.69 Å². The number of nitrogens with one attached hydrogen (secondary N) is 3. The number of pyridine rings is 1. The molecule has 1 amide bonds. The predicted octanol–water partition coefficient (Wildman–Crippen LogP) is 5.42. The number of hydrogen-bond donors (Lipinski definition) is 3. The molecule has 3 N–H and O–H groups in total. The van der Waals surface area contributed by atoms with Crippen molar-refractivity contribution in [3.8, 4) is 11.1 Å². The smallest absolute Gasteiger partial charge is 0.274 e. The summed E-state index contributed by atoms with van der Waals surface area (Å²) >= 11 is 0. The molecule has 2 aromatic carbocycles. The number of rotatable bonds is 6. The minimum Gasteiger partial charge on any atom is -0.361 e. The zero-order valence-corrected chi connectivity index (χ0v) is 22.0. The molecule has 7 rings (SSSR count). The second-order valence-corrected chi connectivity index (χ2v) is 10.8. The summed E-state index contributed by atoms with van der Waals surface area (Å²) in [5.41, 5.74) is 6.10. The molecule has 3 aromatic heterocycles. The van der Waals surface area contributed by atoms with Gasteiger partial charge in [-0.2, -0.15) is 5.10 Å². The summed E-state index contributed by atoms with van der Waals surface area (Å²) in [5.74, 6) is -0.220. The van der Waals surface area contributed by atoms with Crippen LogP contribution in [0.1, 0.15) is 41.9 Å². The van der Waals surface area contributed by atoms with Crippen LogP contribution in [0.2, 0.25) is 0 Å². The van der Waals surface area contributed by atoms with Crippen LogP contribution in [-0.4, -0.2) is 68.1 Å². The number of nitrogens with zero attached hydrogens (tertiary/aromatic N) is 4. The largest absolute Gasteiger partial charge is 0.361 e. The lowest BCUT2D eigenvalue weighted by Gasteiger charge is -2.37. The number of hydrogen-bond acceptors (Lipinski definition) is 5. The number of piperazine rings is 1. The van der Waals surface area contributed by atoms with Crippen molar-refractivity contribution < 1.29 is 4.79 Å². The highest BCUT2D eigenvalue weighted by Gasteiger charge is 2.26. The summed E-state index contributed by atoms with van der Waals surface area (Å²) in [5, 5.41) is 12.4. The van der Waals surface area contributed by atoms with E-state index in [1.807, 2.05) is 30.5 Å². The molecule has 5 aromatic rings. The molecule has 0 bridgehead atoms. The Labute approximate surface area is 227 Å². The number of fused-ring (bicyclic) bond motifs is 2. The molecule has 8 heteroatoms. The first-order valence-corrected chi connectivity index (χ1v) is 14.0. The second-order valence-electron chi connectivity index (χ2n) is 10.8. The summed E-state index contributed by atoms with van der Waals surface area (Å²) in [6.45, 7) is 5.11. The highest BCUT2D eigenvalue weighted by molar-refractivity contribution is 6.09. The van der Waals surface area contributed by atoms with Gasteiger partial charge in [0.25, 0.3) is 5.91 Å². The van der Waals surface area contributed by atoms with E-state index in [1.165, 1.54) is 25.7 Å². The van der Waals surface area contributed by atoms with Crippen molar-refractivity contribution in [1.29, 1.82) is 0 Å². The Balaban J connectivity index is 1.09. The van der Waals surface area contributed by atoms with E-state index >= 15 is 0 Å². The lowest BCUT2D eigenvalue weighted by atomic mass is 9.99. The Kier molecular flexibility index (Phi) is 6.34. The predicted molar refractivity (Wildman–Crippen MR) is 155 cm³/mol. The maximum absolute atomic E-state index is 13.4. The van der Waals surface area contributed by atoms with Crippen molar-refractivity contribution in [3.63, 3.8) is 0 Å². The van der Waals surface area contributed by atoms with Crippen LogP contribution in [0.15, 0.2) is 67.0 Å². The van der Waals surface area contributed by atoms with Gasteiger partial charge in [-0.15, -0.1) is 0 Å². The second kappa shape index (κ2) is 10.3. The topological polar surface area (TPSA) is 92.9 Å². The summed E-state index contributed by atoms with van der Waals surface area (Å²) in [4.78, 5) is 26.5. The first-order chi connectivity index (χ1) is 19.2. The van der Waals surface area contributed by atoms with Crippen LogP contribution in [0.5, 0.6) is 0 Å².